The van der Waals surface area contributed by atoms with Gasteiger partial charge in [0.05, 0.1) is 6.04 Å². The zero-order chi connectivity index (χ0) is 8.65. The number of hydrogen-bond donors (Lipinski definition) is 1. The lowest BCUT2D eigenvalue weighted by molar-refractivity contribution is -0.108. The molecule has 0 radical (unpaired) electrons. The molecular formula is C6H14N2O2P+. The highest BCUT2D eigenvalue weighted by molar-refractivity contribution is 7.70. The van der Waals surface area contributed by atoms with Crippen LogP contribution in [0.1, 0.15) is 13.8 Å². The van der Waals surface area contributed by atoms with Crippen LogP contribution in [0.5, 0.6) is 0 Å². The standard InChI is InChI=1S/C6H14N2O2P/c1-6(2)8-7(4-5-9)11(8,3)10/h5-6,10H,4H2,1-3H3/q+1. The average molecular weight is 177 g/mol. The fourth-order valence-corrected chi connectivity index (χ4v) is 3.82. The fourth-order valence-electron chi connectivity index (χ4n) is 1.32. The molecule has 1 aliphatic rings. The van der Waals surface area contributed by atoms with Crippen molar-refractivity contribution >= 4 is 14.1 Å². The Balaban J connectivity index is 2.53. The zero-order valence-corrected chi connectivity index (χ0v) is 7.95. The van der Waals surface area contributed by atoms with E-state index in [1.165, 1.54) is 0 Å². The van der Waals surface area contributed by atoms with Crippen LogP contribution in [0.4, 0.5) is 0 Å². The zero-order valence-electron chi connectivity index (χ0n) is 7.06. The van der Waals surface area contributed by atoms with Crippen LogP contribution in [-0.4, -0.2) is 40.0 Å². The summed E-state index contributed by atoms with van der Waals surface area (Å²) in [5, 5.41) is 0. The minimum absolute atomic E-state index is 0.290. The molecule has 0 saturated carbocycles. The molecule has 3 atom stereocenters. The molecule has 1 rings (SSSR count). The topological polar surface area (TPSA) is 43.3 Å². The lowest BCUT2D eigenvalue weighted by atomic mass is 10.4. The van der Waals surface area contributed by atoms with Crippen molar-refractivity contribution < 1.29 is 9.69 Å². The average Bonchev–Trinajstić information content (AvgIpc) is 2.35. The molecule has 5 heteroatoms. The van der Waals surface area contributed by atoms with E-state index in [2.05, 4.69) is 0 Å². The van der Waals surface area contributed by atoms with Gasteiger partial charge in [-0.2, -0.15) is 0 Å². The van der Waals surface area contributed by atoms with E-state index in [-0.39, 0.29) is 0 Å². The Morgan fingerprint density at radius 1 is 1.64 bits per heavy atom. The number of rotatable bonds is 3. The van der Waals surface area contributed by atoms with Crippen molar-refractivity contribution in [1.82, 2.24) is 9.56 Å². The SMILES string of the molecule is CC(C)N1N(CC=O)[P+]1(C)O. The number of carbonyl (C=O) groups excluding carboxylic acids is 1. The molecule has 0 aliphatic carbocycles. The molecule has 0 amide bonds. The van der Waals surface area contributed by atoms with E-state index in [1.54, 1.807) is 11.4 Å². The maximum atomic E-state index is 10.1. The molecule has 64 valence electrons. The van der Waals surface area contributed by atoms with Crippen molar-refractivity contribution in [3.05, 3.63) is 0 Å². The van der Waals surface area contributed by atoms with Gasteiger partial charge in [0.25, 0.3) is 0 Å². The first-order valence-electron chi connectivity index (χ1n) is 3.62. The molecule has 0 aromatic carbocycles. The first-order valence-corrected chi connectivity index (χ1v) is 5.71. The van der Waals surface area contributed by atoms with Crippen LogP contribution in [-0.2, 0) is 4.79 Å². The number of aldehydes is 1. The molecule has 0 aromatic rings. The van der Waals surface area contributed by atoms with Crippen LogP contribution in [0.25, 0.3) is 0 Å². The Bertz CT molecular complexity index is 172. The van der Waals surface area contributed by atoms with E-state index in [4.69, 9.17) is 0 Å². The predicted octanol–water partition coefficient (Wildman–Crippen LogP) is 0.511. The van der Waals surface area contributed by atoms with Gasteiger partial charge in [0.15, 0.2) is 0 Å². The van der Waals surface area contributed by atoms with Gasteiger partial charge in [0.2, 0.25) is 0 Å². The van der Waals surface area contributed by atoms with E-state index < -0.39 is 7.79 Å². The normalized spacial score (nSPS) is 42.6. The largest absolute Gasteiger partial charge is 0.317 e. The third-order valence-electron chi connectivity index (χ3n) is 1.73. The van der Waals surface area contributed by atoms with Crippen LogP contribution < -0.4 is 0 Å². The summed E-state index contributed by atoms with van der Waals surface area (Å²) < 4.78 is 3.62. The Kier molecular flexibility index (Phi) is 2.30. The number of carbonyl (C=O) groups is 1. The van der Waals surface area contributed by atoms with Gasteiger partial charge < -0.3 is 4.79 Å². The Morgan fingerprint density at radius 3 is 2.45 bits per heavy atom. The molecule has 1 aliphatic heterocycles. The summed E-state index contributed by atoms with van der Waals surface area (Å²) in [6.07, 6.45) is 0.816. The third-order valence-corrected chi connectivity index (χ3v) is 4.26. The van der Waals surface area contributed by atoms with Crippen molar-refractivity contribution in [3.8, 4) is 0 Å². The van der Waals surface area contributed by atoms with Crippen LogP contribution in [0.15, 0.2) is 0 Å². The maximum Gasteiger partial charge on any atom is 0.317 e. The highest BCUT2D eigenvalue weighted by atomic mass is 31.2. The summed E-state index contributed by atoms with van der Waals surface area (Å²) in [4.78, 5) is 19.8. The molecule has 0 spiro atoms. The van der Waals surface area contributed by atoms with Crippen LogP contribution >= 0.6 is 7.79 Å². The van der Waals surface area contributed by atoms with Crippen molar-refractivity contribution in [1.29, 1.82) is 0 Å². The molecular weight excluding hydrogens is 163 g/mol. The highest BCUT2D eigenvalue weighted by Gasteiger charge is 2.69. The monoisotopic (exact) mass is 177 g/mol. The summed E-state index contributed by atoms with van der Waals surface area (Å²) in [5.41, 5.74) is 0. The molecule has 3 unspecified atom stereocenters. The second-order valence-corrected chi connectivity index (χ2v) is 5.61. The molecule has 11 heavy (non-hydrogen) atoms. The van der Waals surface area contributed by atoms with Gasteiger partial charge in [-0.1, -0.05) is 0 Å². The molecule has 1 N–H and O–H groups in total. The summed E-state index contributed by atoms with van der Waals surface area (Å²) in [6, 6.07) is 0.290. The van der Waals surface area contributed by atoms with Crippen LogP contribution in [0.3, 0.4) is 0 Å². The molecule has 0 aromatic heterocycles. The van der Waals surface area contributed by atoms with Crippen molar-refractivity contribution in [2.45, 2.75) is 19.9 Å². The number of hydrogen-bond acceptors (Lipinski definition) is 4. The van der Waals surface area contributed by atoms with Crippen LogP contribution in [0.2, 0.25) is 0 Å². The Hall–Kier alpha value is -0.0200. The van der Waals surface area contributed by atoms with Gasteiger partial charge in [-0.25, -0.2) is 4.89 Å². The van der Waals surface area contributed by atoms with Gasteiger partial charge in [0.1, 0.15) is 19.5 Å². The fraction of sp³-hybridized carbons (Fsp3) is 0.833. The van der Waals surface area contributed by atoms with Gasteiger partial charge in [-0.05, 0) is 23.4 Å². The first kappa shape index (κ1) is 9.07. The highest BCUT2D eigenvalue weighted by Crippen LogP contribution is 2.75. The first-order chi connectivity index (χ1) is 5.01. The molecule has 1 fully saturated rings. The lowest BCUT2D eigenvalue weighted by Gasteiger charge is -1.95. The smallest absolute Gasteiger partial charge is 0.302 e. The summed E-state index contributed by atoms with van der Waals surface area (Å²) in [6.45, 7) is 6.11. The summed E-state index contributed by atoms with van der Waals surface area (Å²) >= 11 is 0. The van der Waals surface area contributed by atoms with Crippen LogP contribution in [0, 0.1) is 0 Å². The number of hydrazine groups is 1. The van der Waals surface area contributed by atoms with Crippen molar-refractivity contribution in [2.24, 2.45) is 0 Å². The van der Waals surface area contributed by atoms with Gasteiger partial charge >= 0.3 is 7.79 Å². The second kappa shape index (κ2) is 2.79. The Morgan fingerprint density at radius 2 is 2.18 bits per heavy atom. The van der Waals surface area contributed by atoms with E-state index in [0.29, 0.717) is 12.6 Å². The second-order valence-electron chi connectivity index (χ2n) is 3.00. The molecule has 1 heterocycles. The van der Waals surface area contributed by atoms with E-state index in [0.717, 1.165) is 6.29 Å². The van der Waals surface area contributed by atoms with Crippen molar-refractivity contribution in [3.63, 3.8) is 0 Å². The predicted molar refractivity (Wildman–Crippen MR) is 44.8 cm³/mol. The van der Waals surface area contributed by atoms with Gasteiger partial charge in [-0.3, -0.25) is 0 Å². The third kappa shape index (κ3) is 1.44. The van der Waals surface area contributed by atoms with E-state index in [9.17, 15) is 9.69 Å². The van der Waals surface area contributed by atoms with Gasteiger partial charge in [-0.15, -0.1) is 0 Å². The maximum absolute atomic E-state index is 10.1. The molecule has 4 nitrogen and oxygen atoms in total. The minimum atomic E-state index is -2.00. The quantitative estimate of drug-likeness (QED) is 0.387. The lowest BCUT2D eigenvalue weighted by Crippen LogP contribution is -2.16. The van der Waals surface area contributed by atoms with Gasteiger partial charge in [0, 0.05) is 0 Å². The summed E-state index contributed by atoms with van der Waals surface area (Å²) in [7, 11) is -2.00. The van der Waals surface area contributed by atoms with E-state index in [1.807, 2.05) is 18.6 Å². The van der Waals surface area contributed by atoms with Crippen molar-refractivity contribution in [2.75, 3.05) is 13.2 Å². The minimum Gasteiger partial charge on any atom is -0.302 e. The Labute approximate surface area is 67.3 Å². The molecule has 0 bridgehead atoms. The van der Waals surface area contributed by atoms with E-state index >= 15 is 0 Å². The summed E-state index contributed by atoms with van der Waals surface area (Å²) in [5.74, 6) is 0. The number of nitrogens with zero attached hydrogens (tertiary/aromatic N) is 2. The molecule has 1 saturated heterocycles.